The maximum atomic E-state index is 12.2. The van der Waals surface area contributed by atoms with Gasteiger partial charge in [-0.3, -0.25) is 4.90 Å². The van der Waals surface area contributed by atoms with Gasteiger partial charge in [-0.25, -0.2) is 9.48 Å². The van der Waals surface area contributed by atoms with Crippen molar-refractivity contribution in [1.82, 2.24) is 25.3 Å². The number of hydrogen-bond acceptors (Lipinski definition) is 4. The van der Waals surface area contributed by atoms with Crippen LogP contribution >= 0.6 is 0 Å². The van der Waals surface area contributed by atoms with E-state index in [1.165, 1.54) is 11.1 Å². The van der Waals surface area contributed by atoms with Crippen LogP contribution in [0.3, 0.4) is 0 Å². The molecule has 162 valence electrons. The van der Waals surface area contributed by atoms with E-state index in [9.17, 15) is 4.79 Å². The molecule has 7 nitrogen and oxygen atoms in total. The molecule has 4 rings (SSSR count). The van der Waals surface area contributed by atoms with Gasteiger partial charge in [0.05, 0.1) is 18.9 Å². The van der Waals surface area contributed by atoms with Gasteiger partial charge in [-0.05, 0) is 41.3 Å². The highest BCUT2D eigenvalue weighted by Gasteiger charge is 2.11. The molecule has 1 fully saturated rings. The summed E-state index contributed by atoms with van der Waals surface area (Å²) in [6, 6.07) is 18.4. The number of hydrogen-bond donors (Lipinski definition) is 2. The van der Waals surface area contributed by atoms with Crippen molar-refractivity contribution in [3.63, 3.8) is 0 Å². The van der Waals surface area contributed by atoms with Gasteiger partial charge >= 0.3 is 6.03 Å². The number of morpholine rings is 1. The molecule has 2 aromatic carbocycles. The smallest absolute Gasteiger partial charge is 0.315 e. The van der Waals surface area contributed by atoms with Crippen molar-refractivity contribution in [2.75, 3.05) is 32.8 Å². The van der Waals surface area contributed by atoms with Gasteiger partial charge in [0.1, 0.15) is 0 Å². The van der Waals surface area contributed by atoms with Crippen LogP contribution in [0.25, 0.3) is 5.69 Å². The van der Waals surface area contributed by atoms with Crippen molar-refractivity contribution >= 4 is 6.03 Å². The number of carbonyl (C=O) groups excluding carboxylic acids is 1. The molecule has 0 unspecified atom stereocenters. The van der Waals surface area contributed by atoms with Gasteiger partial charge < -0.3 is 15.4 Å². The number of carbonyl (C=O) groups is 1. The third-order valence-electron chi connectivity index (χ3n) is 5.36. The van der Waals surface area contributed by atoms with Gasteiger partial charge in [-0.2, -0.15) is 5.10 Å². The topological polar surface area (TPSA) is 71.4 Å². The van der Waals surface area contributed by atoms with Gasteiger partial charge in [0, 0.05) is 45.1 Å². The van der Waals surface area contributed by atoms with Gasteiger partial charge in [-0.15, -0.1) is 0 Å². The molecule has 2 heterocycles. The van der Waals surface area contributed by atoms with E-state index in [1.54, 1.807) is 6.20 Å². The van der Waals surface area contributed by atoms with Gasteiger partial charge in [0.2, 0.25) is 0 Å². The van der Waals surface area contributed by atoms with E-state index < -0.39 is 0 Å². The molecule has 1 aliphatic heterocycles. The molecule has 1 saturated heterocycles. The van der Waals surface area contributed by atoms with Crippen molar-refractivity contribution in [3.05, 3.63) is 83.7 Å². The number of amides is 2. The zero-order valence-electron chi connectivity index (χ0n) is 17.7. The molecule has 0 atom stereocenters. The van der Waals surface area contributed by atoms with Crippen LogP contribution in [-0.4, -0.2) is 53.6 Å². The second-order valence-corrected chi connectivity index (χ2v) is 7.69. The Bertz CT molecular complexity index is 950. The number of nitrogens with zero attached hydrogens (tertiary/aromatic N) is 3. The van der Waals surface area contributed by atoms with E-state index in [0.717, 1.165) is 50.5 Å². The lowest BCUT2D eigenvalue weighted by atomic mass is 10.1. The zero-order valence-corrected chi connectivity index (χ0v) is 17.7. The summed E-state index contributed by atoms with van der Waals surface area (Å²) in [4.78, 5) is 14.6. The van der Waals surface area contributed by atoms with Crippen molar-refractivity contribution in [2.24, 2.45) is 0 Å². The number of aromatic nitrogens is 2. The summed E-state index contributed by atoms with van der Waals surface area (Å²) in [7, 11) is 0. The van der Waals surface area contributed by atoms with E-state index in [2.05, 4.69) is 51.0 Å². The fraction of sp³-hybridized carbons (Fsp3) is 0.333. The molecule has 2 N–H and O–H groups in total. The van der Waals surface area contributed by atoms with E-state index in [-0.39, 0.29) is 6.03 Å². The Balaban J connectivity index is 1.18. The second kappa shape index (κ2) is 10.7. The molecule has 7 heteroatoms. The molecular formula is C24H29N5O2. The predicted octanol–water partition coefficient (Wildman–Crippen LogP) is 2.75. The highest BCUT2D eigenvalue weighted by atomic mass is 16.5. The van der Waals surface area contributed by atoms with E-state index in [0.29, 0.717) is 13.1 Å². The van der Waals surface area contributed by atoms with Gasteiger partial charge in [0.15, 0.2) is 0 Å². The average molecular weight is 420 g/mol. The Morgan fingerprint density at radius 3 is 2.55 bits per heavy atom. The number of rotatable bonds is 8. The summed E-state index contributed by atoms with van der Waals surface area (Å²) < 4.78 is 7.23. The molecular weight excluding hydrogens is 390 g/mol. The van der Waals surface area contributed by atoms with Crippen LogP contribution in [-0.2, 0) is 24.2 Å². The molecule has 2 amide bonds. The first-order valence-corrected chi connectivity index (χ1v) is 10.7. The van der Waals surface area contributed by atoms with Crippen molar-refractivity contribution in [1.29, 1.82) is 0 Å². The Morgan fingerprint density at radius 2 is 1.77 bits per heavy atom. The first kappa shape index (κ1) is 21.1. The summed E-state index contributed by atoms with van der Waals surface area (Å²) in [6.07, 6.45) is 4.46. The third-order valence-corrected chi connectivity index (χ3v) is 5.36. The zero-order chi connectivity index (χ0) is 21.3. The number of benzene rings is 2. The summed E-state index contributed by atoms with van der Waals surface area (Å²) >= 11 is 0. The molecule has 0 saturated carbocycles. The number of nitrogens with one attached hydrogen (secondary N) is 2. The normalized spacial score (nSPS) is 14.3. The largest absolute Gasteiger partial charge is 0.379 e. The van der Waals surface area contributed by atoms with Crippen molar-refractivity contribution in [3.8, 4) is 5.69 Å². The molecule has 1 aromatic heterocycles. The minimum atomic E-state index is -0.147. The Hall–Kier alpha value is -3.16. The van der Waals surface area contributed by atoms with Crippen LogP contribution in [0.5, 0.6) is 0 Å². The molecule has 31 heavy (non-hydrogen) atoms. The first-order valence-electron chi connectivity index (χ1n) is 10.7. The van der Waals surface area contributed by atoms with Crippen LogP contribution < -0.4 is 10.6 Å². The predicted molar refractivity (Wildman–Crippen MR) is 120 cm³/mol. The van der Waals surface area contributed by atoms with Crippen LogP contribution in [0.15, 0.2) is 67.0 Å². The molecule has 0 bridgehead atoms. The quantitative estimate of drug-likeness (QED) is 0.589. The fourth-order valence-corrected chi connectivity index (χ4v) is 3.66. The number of urea groups is 1. The SMILES string of the molecule is O=C(NCCc1ccc(-n2cccn2)cc1)NCc1cccc(CN2CCOCC2)c1. The molecule has 0 radical (unpaired) electrons. The average Bonchev–Trinajstić information content (AvgIpc) is 3.34. The Labute approximate surface area is 183 Å². The van der Waals surface area contributed by atoms with E-state index in [1.807, 2.05) is 35.1 Å². The molecule has 3 aromatic rings. The Kier molecular flexibility index (Phi) is 7.31. The summed E-state index contributed by atoms with van der Waals surface area (Å²) in [6.45, 7) is 5.56. The number of ether oxygens (including phenoxy) is 1. The minimum Gasteiger partial charge on any atom is -0.379 e. The third kappa shape index (κ3) is 6.41. The lowest BCUT2D eigenvalue weighted by Crippen LogP contribution is -2.36. The minimum absolute atomic E-state index is 0.147. The lowest BCUT2D eigenvalue weighted by molar-refractivity contribution is 0.0342. The van der Waals surface area contributed by atoms with Crippen LogP contribution in [0.1, 0.15) is 16.7 Å². The van der Waals surface area contributed by atoms with Crippen molar-refractivity contribution < 1.29 is 9.53 Å². The van der Waals surface area contributed by atoms with Crippen molar-refractivity contribution in [2.45, 2.75) is 19.5 Å². The monoisotopic (exact) mass is 419 g/mol. The van der Waals surface area contributed by atoms with Gasteiger partial charge in [-0.1, -0.05) is 36.4 Å². The molecule has 0 aliphatic carbocycles. The van der Waals surface area contributed by atoms with Gasteiger partial charge in [0.25, 0.3) is 0 Å². The van der Waals surface area contributed by atoms with Crippen LogP contribution in [0.4, 0.5) is 4.79 Å². The van der Waals surface area contributed by atoms with E-state index in [4.69, 9.17) is 4.74 Å². The van der Waals surface area contributed by atoms with Crippen LogP contribution in [0.2, 0.25) is 0 Å². The molecule has 0 spiro atoms. The standard InChI is InChI=1S/C24H29N5O2/c30-24(25-11-9-20-5-7-23(8-6-20)29-12-2-10-27-29)26-18-21-3-1-4-22(17-21)19-28-13-15-31-16-14-28/h1-8,10,12,17H,9,11,13-16,18-19H2,(H2,25,26,30). The second-order valence-electron chi connectivity index (χ2n) is 7.69. The van der Waals surface area contributed by atoms with Crippen LogP contribution in [0, 0.1) is 0 Å². The van der Waals surface area contributed by atoms with E-state index >= 15 is 0 Å². The summed E-state index contributed by atoms with van der Waals surface area (Å²) in [5, 5.41) is 10.1. The highest BCUT2D eigenvalue weighted by molar-refractivity contribution is 5.73. The Morgan fingerprint density at radius 1 is 0.968 bits per heavy atom. The summed E-state index contributed by atoms with van der Waals surface area (Å²) in [5.74, 6) is 0. The highest BCUT2D eigenvalue weighted by Crippen LogP contribution is 2.10. The lowest BCUT2D eigenvalue weighted by Gasteiger charge is -2.26. The fourth-order valence-electron chi connectivity index (χ4n) is 3.66. The molecule has 1 aliphatic rings. The first-order chi connectivity index (χ1) is 15.3. The maximum absolute atomic E-state index is 12.2. The maximum Gasteiger partial charge on any atom is 0.315 e. The summed E-state index contributed by atoms with van der Waals surface area (Å²) in [5.41, 5.74) is 4.57.